The maximum absolute atomic E-state index is 12.3. The number of amides is 1. The van der Waals surface area contributed by atoms with Crippen molar-refractivity contribution in [3.05, 3.63) is 0 Å². The number of aliphatic hydroxyl groups is 1. The van der Waals surface area contributed by atoms with Crippen molar-refractivity contribution in [2.24, 2.45) is 0 Å². The predicted molar refractivity (Wildman–Crippen MR) is 53.3 cm³/mol. The third kappa shape index (κ3) is 4.16. The maximum atomic E-state index is 12.3. The van der Waals surface area contributed by atoms with Crippen LogP contribution in [0.15, 0.2) is 0 Å². The van der Waals surface area contributed by atoms with Crippen molar-refractivity contribution >= 4 is 5.91 Å². The summed E-state index contributed by atoms with van der Waals surface area (Å²) in [6.45, 7) is 0.505. The molecule has 0 aromatic heterocycles. The number of nitrogens with zero attached hydrogens (tertiary/aromatic N) is 1. The van der Waals surface area contributed by atoms with Gasteiger partial charge in [0, 0.05) is 19.8 Å². The maximum Gasteiger partial charge on any atom is 0.471 e. The number of halogens is 3. The molecule has 0 spiro atoms. The summed E-state index contributed by atoms with van der Waals surface area (Å²) < 4.78 is 41.9. The first-order valence-electron chi connectivity index (χ1n) is 5.53. The molecule has 0 radical (unpaired) electrons. The van der Waals surface area contributed by atoms with Crippen molar-refractivity contribution in [3.8, 4) is 0 Å². The molecular weight excluding hydrogens is 239 g/mol. The Morgan fingerprint density at radius 2 is 2.18 bits per heavy atom. The Hall–Kier alpha value is -0.820. The fraction of sp³-hybridized carbons (Fsp3) is 0.900. The molecule has 1 aliphatic heterocycles. The number of likely N-dealkylation sites (tertiary alicyclic amines) is 1. The lowest BCUT2D eigenvalue weighted by Gasteiger charge is -2.25. The van der Waals surface area contributed by atoms with Crippen LogP contribution in [0.3, 0.4) is 0 Å². The summed E-state index contributed by atoms with van der Waals surface area (Å²) in [5.41, 5.74) is 0. The van der Waals surface area contributed by atoms with Crippen LogP contribution in [0, 0.1) is 0 Å². The Morgan fingerprint density at radius 3 is 2.76 bits per heavy atom. The lowest BCUT2D eigenvalue weighted by molar-refractivity contribution is -0.187. The number of hydrogen-bond acceptors (Lipinski definition) is 3. The Bertz CT molecular complexity index is 258. The van der Waals surface area contributed by atoms with Gasteiger partial charge in [-0.15, -0.1) is 0 Å². The van der Waals surface area contributed by atoms with E-state index in [4.69, 9.17) is 9.84 Å². The molecule has 17 heavy (non-hydrogen) atoms. The minimum absolute atomic E-state index is 0.0180. The average molecular weight is 255 g/mol. The molecular formula is C10H16F3NO3. The third-order valence-electron chi connectivity index (χ3n) is 2.64. The molecule has 0 aliphatic carbocycles. The first-order chi connectivity index (χ1) is 7.96. The zero-order valence-electron chi connectivity index (χ0n) is 9.37. The molecule has 0 aromatic rings. The molecule has 1 heterocycles. The van der Waals surface area contributed by atoms with Gasteiger partial charge in [0.15, 0.2) is 0 Å². The highest BCUT2D eigenvalue weighted by molar-refractivity contribution is 5.82. The van der Waals surface area contributed by atoms with Crippen LogP contribution in [0.5, 0.6) is 0 Å². The third-order valence-corrected chi connectivity index (χ3v) is 2.64. The quantitative estimate of drug-likeness (QED) is 0.744. The lowest BCUT2D eigenvalue weighted by Crippen LogP contribution is -2.45. The summed E-state index contributed by atoms with van der Waals surface area (Å²) in [7, 11) is 0. The molecule has 7 heteroatoms. The second-order valence-electron chi connectivity index (χ2n) is 3.94. The van der Waals surface area contributed by atoms with Crippen LogP contribution in [-0.4, -0.2) is 54.5 Å². The first kappa shape index (κ1) is 14.2. The number of hydrogen-bond donors (Lipinski definition) is 1. The summed E-state index contributed by atoms with van der Waals surface area (Å²) in [5, 5.41) is 8.51. The van der Waals surface area contributed by atoms with Gasteiger partial charge >= 0.3 is 12.1 Å². The Balaban J connectivity index is 2.41. The Morgan fingerprint density at radius 1 is 1.47 bits per heavy atom. The number of alkyl halides is 3. The Kier molecular flexibility index (Phi) is 5.20. The number of carbonyl (C=O) groups is 1. The molecule has 1 N–H and O–H groups in total. The van der Waals surface area contributed by atoms with E-state index in [-0.39, 0.29) is 19.8 Å². The standard InChI is InChI=1S/C10H16F3NO3/c11-10(12,13)9(16)14-4-1-3-8(14)7-17-6-2-5-15/h8,15H,1-7H2. The fourth-order valence-corrected chi connectivity index (χ4v) is 1.83. The molecule has 1 atom stereocenters. The largest absolute Gasteiger partial charge is 0.471 e. The molecule has 1 aliphatic rings. The van der Waals surface area contributed by atoms with E-state index in [1.807, 2.05) is 0 Å². The van der Waals surface area contributed by atoms with Crippen LogP contribution in [0.4, 0.5) is 13.2 Å². The molecule has 100 valence electrons. The topological polar surface area (TPSA) is 49.8 Å². The van der Waals surface area contributed by atoms with Gasteiger partial charge in [-0.2, -0.15) is 13.2 Å². The SMILES string of the molecule is O=C(N1CCCC1COCCCO)C(F)(F)F. The average Bonchev–Trinajstić information content (AvgIpc) is 2.70. The van der Waals surface area contributed by atoms with Crippen LogP contribution < -0.4 is 0 Å². The summed E-state index contributed by atoms with van der Waals surface area (Å²) >= 11 is 0. The van der Waals surface area contributed by atoms with Crippen LogP contribution in [0.2, 0.25) is 0 Å². The zero-order chi connectivity index (χ0) is 12.9. The summed E-state index contributed by atoms with van der Waals surface area (Å²) in [5.74, 6) is -1.79. The van der Waals surface area contributed by atoms with Crippen molar-refractivity contribution in [2.75, 3.05) is 26.4 Å². The van der Waals surface area contributed by atoms with E-state index < -0.39 is 18.1 Å². The van der Waals surface area contributed by atoms with Gasteiger partial charge in [0.25, 0.3) is 0 Å². The second-order valence-corrected chi connectivity index (χ2v) is 3.94. The highest BCUT2D eigenvalue weighted by Gasteiger charge is 2.45. The highest BCUT2D eigenvalue weighted by atomic mass is 19.4. The summed E-state index contributed by atoms with van der Waals surface area (Å²) in [4.78, 5) is 11.9. The van der Waals surface area contributed by atoms with E-state index >= 15 is 0 Å². The molecule has 4 nitrogen and oxygen atoms in total. The normalized spacial score (nSPS) is 20.9. The van der Waals surface area contributed by atoms with Crippen LogP contribution in [-0.2, 0) is 9.53 Å². The van der Waals surface area contributed by atoms with E-state index in [0.717, 1.165) is 4.90 Å². The van der Waals surface area contributed by atoms with Gasteiger partial charge in [0.05, 0.1) is 12.6 Å². The van der Waals surface area contributed by atoms with Gasteiger partial charge in [-0.3, -0.25) is 4.79 Å². The van der Waals surface area contributed by atoms with Crippen molar-refractivity contribution < 1.29 is 27.8 Å². The highest BCUT2D eigenvalue weighted by Crippen LogP contribution is 2.25. The minimum Gasteiger partial charge on any atom is -0.396 e. The number of aliphatic hydroxyl groups excluding tert-OH is 1. The number of rotatable bonds is 5. The minimum atomic E-state index is -4.81. The Labute approximate surface area is 97.3 Å². The van der Waals surface area contributed by atoms with Crippen molar-refractivity contribution in [2.45, 2.75) is 31.5 Å². The van der Waals surface area contributed by atoms with E-state index in [2.05, 4.69) is 0 Å². The van der Waals surface area contributed by atoms with E-state index in [9.17, 15) is 18.0 Å². The van der Waals surface area contributed by atoms with Gasteiger partial charge in [0.2, 0.25) is 0 Å². The first-order valence-corrected chi connectivity index (χ1v) is 5.53. The van der Waals surface area contributed by atoms with Crippen molar-refractivity contribution in [1.82, 2.24) is 4.90 Å². The molecule has 1 saturated heterocycles. The van der Waals surface area contributed by atoms with Crippen LogP contribution in [0.25, 0.3) is 0 Å². The molecule has 0 saturated carbocycles. The summed E-state index contributed by atoms with van der Waals surface area (Å²) in [6, 6.07) is -0.497. The second kappa shape index (κ2) is 6.20. The molecule has 1 rings (SSSR count). The number of ether oxygens (including phenoxy) is 1. The molecule has 1 unspecified atom stereocenters. The monoisotopic (exact) mass is 255 g/mol. The van der Waals surface area contributed by atoms with E-state index in [1.54, 1.807) is 0 Å². The van der Waals surface area contributed by atoms with Gasteiger partial charge in [-0.1, -0.05) is 0 Å². The van der Waals surface area contributed by atoms with Gasteiger partial charge in [-0.05, 0) is 19.3 Å². The van der Waals surface area contributed by atoms with E-state index in [1.165, 1.54) is 0 Å². The van der Waals surface area contributed by atoms with Gasteiger partial charge in [-0.25, -0.2) is 0 Å². The summed E-state index contributed by atoms with van der Waals surface area (Å²) in [6.07, 6.45) is -3.27. The molecule has 1 amide bonds. The predicted octanol–water partition coefficient (Wildman–Crippen LogP) is 0.939. The van der Waals surface area contributed by atoms with Crippen LogP contribution in [0.1, 0.15) is 19.3 Å². The molecule has 0 bridgehead atoms. The number of carbonyl (C=O) groups excluding carboxylic acids is 1. The molecule has 1 fully saturated rings. The lowest BCUT2D eigenvalue weighted by atomic mass is 10.2. The van der Waals surface area contributed by atoms with E-state index in [0.29, 0.717) is 25.9 Å². The van der Waals surface area contributed by atoms with Gasteiger partial charge < -0.3 is 14.7 Å². The molecule has 0 aromatic carbocycles. The van der Waals surface area contributed by atoms with Gasteiger partial charge in [0.1, 0.15) is 0 Å². The zero-order valence-corrected chi connectivity index (χ0v) is 9.37. The smallest absolute Gasteiger partial charge is 0.396 e. The van der Waals surface area contributed by atoms with Crippen LogP contribution >= 0.6 is 0 Å². The van der Waals surface area contributed by atoms with Crippen molar-refractivity contribution in [1.29, 1.82) is 0 Å². The van der Waals surface area contributed by atoms with Crippen molar-refractivity contribution in [3.63, 3.8) is 0 Å². The fourth-order valence-electron chi connectivity index (χ4n) is 1.83.